The average Bonchev–Trinajstić information content (AvgIpc) is 2.63. The standard InChI is InChI=1S/C11H22N4O2S/c1-10(2)12-6-8-18(16,17)15(4)9-11-13-5-7-14(11)3/h5,7,10,12H,6,8-9H2,1-4H3. The van der Waals surface area contributed by atoms with Crippen LogP contribution in [-0.2, 0) is 23.6 Å². The fraction of sp³-hybridized carbons (Fsp3) is 0.727. The highest BCUT2D eigenvalue weighted by Crippen LogP contribution is 2.05. The van der Waals surface area contributed by atoms with Crippen LogP contribution in [0.2, 0.25) is 0 Å². The van der Waals surface area contributed by atoms with E-state index in [0.717, 1.165) is 5.82 Å². The van der Waals surface area contributed by atoms with E-state index >= 15 is 0 Å². The van der Waals surface area contributed by atoms with Crippen molar-refractivity contribution in [3.63, 3.8) is 0 Å². The maximum atomic E-state index is 12.0. The number of nitrogens with zero attached hydrogens (tertiary/aromatic N) is 3. The van der Waals surface area contributed by atoms with Gasteiger partial charge in [-0.1, -0.05) is 13.8 Å². The van der Waals surface area contributed by atoms with Gasteiger partial charge >= 0.3 is 0 Å². The van der Waals surface area contributed by atoms with E-state index in [-0.39, 0.29) is 5.75 Å². The summed E-state index contributed by atoms with van der Waals surface area (Å²) in [5, 5.41) is 3.10. The highest BCUT2D eigenvalue weighted by atomic mass is 32.2. The predicted octanol–water partition coefficient (Wildman–Crippen LogP) is 0.180. The van der Waals surface area contributed by atoms with Gasteiger partial charge in [-0.2, -0.15) is 4.31 Å². The fourth-order valence-electron chi connectivity index (χ4n) is 1.48. The lowest BCUT2D eigenvalue weighted by molar-refractivity contribution is 0.449. The number of imidazole rings is 1. The molecule has 1 aromatic heterocycles. The number of nitrogens with one attached hydrogen (secondary N) is 1. The normalized spacial score (nSPS) is 12.6. The number of rotatable bonds is 7. The first-order chi connectivity index (χ1) is 8.33. The maximum Gasteiger partial charge on any atom is 0.215 e. The number of aryl methyl sites for hydroxylation is 1. The van der Waals surface area contributed by atoms with Gasteiger partial charge in [-0.15, -0.1) is 0 Å². The highest BCUT2D eigenvalue weighted by molar-refractivity contribution is 7.89. The largest absolute Gasteiger partial charge is 0.337 e. The zero-order chi connectivity index (χ0) is 13.8. The van der Waals surface area contributed by atoms with Crippen molar-refractivity contribution in [2.24, 2.45) is 7.05 Å². The number of aromatic nitrogens is 2. The Morgan fingerprint density at radius 2 is 2.17 bits per heavy atom. The summed E-state index contributed by atoms with van der Waals surface area (Å²) in [7, 11) is 0.202. The topological polar surface area (TPSA) is 67.2 Å². The second kappa shape index (κ2) is 6.31. The van der Waals surface area contributed by atoms with Gasteiger partial charge in [0.2, 0.25) is 10.0 Å². The molecule has 0 radical (unpaired) electrons. The van der Waals surface area contributed by atoms with Gasteiger partial charge in [-0.3, -0.25) is 0 Å². The van der Waals surface area contributed by atoms with Crippen LogP contribution in [0.25, 0.3) is 0 Å². The molecule has 0 aliphatic heterocycles. The third-order valence-electron chi connectivity index (χ3n) is 2.67. The molecule has 0 aromatic carbocycles. The van der Waals surface area contributed by atoms with E-state index in [0.29, 0.717) is 19.1 Å². The van der Waals surface area contributed by atoms with E-state index in [2.05, 4.69) is 10.3 Å². The van der Waals surface area contributed by atoms with Crippen LogP contribution in [0.1, 0.15) is 19.7 Å². The lowest BCUT2D eigenvalue weighted by Crippen LogP contribution is -2.35. The van der Waals surface area contributed by atoms with Crippen molar-refractivity contribution < 1.29 is 8.42 Å². The zero-order valence-electron chi connectivity index (χ0n) is 11.4. The van der Waals surface area contributed by atoms with Gasteiger partial charge in [0.05, 0.1) is 12.3 Å². The molecule has 0 saturated heterocycles. The lowest BCUT2D eigenvalue weighted by Gasteiger charge is -2.17. The van der Waals surface area contributed by atoms with Crippen molar-refractivity contribution in [3.8, 4) is 0 Å². The molecule has 0 aliphatic carbocycles. The maximum absolute atomic E-state index is 12.0. The summed E-state index contributed by atoms with van der Waals surface area (Å²) < 4.78 is 27.2. The molecule has 1 rings (SSSR count). The van der Waals surface area contributed by atoms with Crippen LogP contribution in [-0.4, -0.2) is 47.7 Å². The minimum Gasteiger partial charge on any atom is -0.337 e. The van der Waals surface area contributed by atoms with Crippen molar-refractivity contribution in [2.75, 3.05) is 19.3 Å². The molecule has 0 bridgehead atoms. The zero-order valence-corrected chi connectivity index (χ0v) is 12.2. The van der Waals surface area contributed by atoms with Crippen LogP contribution in [0.15, 0.2) is 12.4 Å². The monoisotopic (exact) mass is 274 g/mol. The third kappa shape index (κ3) is 4.40. The molecule has 104 valence electrons. The number of hydrogen-bond donors (Lipinski definition) is 1. The molecule has 0 aliphatic rings. The van der Waals surface area contributed by atoms with Crippen molar-refractivity contribution >= 4 is 10.0 Å². The molecule has 0 amide bonds. The van der Waals surface area contributed by atoms with E-state index < -0.39 is 10.0 Å². The molecule has 18 heavy (non-hydrogen) atoms. The Morgan fingerprint density at radius 3 is 2.67 bits per heavy atom. The minimum atomic E-state index is -3.23. The molecule has 6 nitrogen and oxygen atoms in total. The molecule has 0 unspecified atom stereocenters. The SMILES string of the molecule is CC(C)NCCS(=O)(=O)N(C)Cc1nccn1C. The van der Waals surface area contributed by atoms with Gasteiger partial charge in [0.25, 0.3) is 0 Å². The molecule has 0 saturated carbocycles. The quantitative estimate of drug-likeness (QED) is 0.770. The Bertz CT molecular complexity index is 467. The van der Waals surface area contributed by atoms with Crippen molar-refractivity contribution in [2.45, 2.75) is 26.4 Å². The molecule has 1 aromatic rings. The van der Waals surface area contributed by atoms with Crippen LogP contribution in [0, 0.1) is 0 Å². The van der Waals surface area contributed by atoms with Crippen LogP contribution in [0.3, 0.4) is 0 Å². The number of sulfonamides is 1. The van der Waals surface area contributed by atoms with Gasteiger partial charge in [-0.25, -0.2) is 13.4 Å². The van der Waals surface area contributed by atoms with Gasteiger partial charge in [0.1, 0.15) is 5.82 Å². The molecular formula is C11H22N4O2S. The van der Waals surface area contributed by atoms with E-state index in [1.54, 1.807) is 19.4 Å². The Morgan fingerprint density at radius 1 is 1.50 bits per heavy atom. The van der Waals surface area contributed by atoms with Crippen molar-refractivity contribution in [1.29, 1.82) is 0 Å². The Labute approximate surface area is 109 Å². The first kappa shape index (κ1) is 15.1. The Balaban J connectivity index is 2.54. The van der Waals surface area contributed by atoms with Gasteiger partial charge in [0, 0.05) is 39.1 Å². The second-order valence-electron chi connectivity index (χ2n) is 4.64. The molecule has 7 heteroatoms. The highest BCUT2D eigenvalue weighted by Gasteiger charge is 2.19. The summed E-state index contributed by atoms with van der Waals surface area (Å²) >= 11 is 0. The van der Waals surface area contributed by atoms with Crippen LogP contribution >= 0.6 is 0 Å². The fourth-order valence-corrected chi connectivity index (χ4v) is 2.48. The van der Waals surface area contributed by atoms with E-state index in [1.165, 1.54) is 4.31 Å². The summed E-state index contributed by atoms with van der Waals surface area (Å²) in [5.74, 6) is 0.837. The number of hydrogen-bond acceptors (Lipinski definition) is 4. The van der Waals surface area contributed by atoms with Crippen molar-refractivity contribution in [1.82, 2.24) is 19.2 Å². The first-order valence-electron chi connectivity index (χ1n) is 5.96. The average molecular weight is 274 g/mol. The first-order valence-corrected chi connectivity index (χ1v) is 7.57. The van der Waals surface area contributed by atoms with Crippen molar-refractivity contribution in [3.05, 3.63) is 18.2 Å². The van der Waals surface area contributed by atoms with Crippen LogP contribution < -0.4 is 5.32 Å². The molecule has 0 spiro atoms. The Kier molecular flexibility index (Phi) is 5.30. The molecular weight excluding hydrogens is 252 g/mol. The molecule has 0 fully saturated rings. The Hall–Kier alpha value is -0.920. The van der Waals surface area contributed by atoms with Crippen LogP contribution in [0.4, 0.5) is 0 Å². The van der Waals surface area contributed by atoms with Gasteiger partial charge in [-0.05, 0) is 0 Å². The van der Waals surface area contributed by atoms with Gasteiger partial charge in [0.15, 0.2) is 0 Å². The predicted molar refractivity (Wildman–Crippen MR) is 71.6 cm³/mol. The summed E-state index contributed by atoms with van der Waals surface area (Å²) in [6.07, 6.45) is 3.46. The smallest absolute Gasteiger partial charge is 0.215 e. The summed E-state index contributed by atoms with van der Waals surface area (Å²) in [6.45, 7) is 4.74. The molecule has 0 atom stereocenters. The third-order valence-corrected chi connectivity index (χ3v) is 4.47. The van der Waals surface area contributed by atoms with Gasteiger partial charge < -0.3 is 9.88 Å². The summed E-state index contributed by atoms with van der Waals surface area (Å²) in [5.41, 5.74) is 0. The molecule has 1 heterocycles. The minimum absolute atomic E-state index is 0.103. The lowest BCUT2D eigenvalue weighted by atomic mass is 10.4. The van der Waals surface area contributed by atoms with E-state index in [9.17, 15) is 8.42 Å². The van der Waals surface area contributed by atoms with E-state index in [4.69, 9.17) is 0 Å². The van der Waals surface area contributed by atoms with Crippen LogP contribution in [0.5, 0.6) is 0 Å². The van der Waals surface area contributed by atoms with E-state index in [1.807, 2.05) is 25.5 Å². The summed E-state index contributed by atoms with van der Waals surface area (Å²) in [6, 6.07) is 0.292. The molecule has 1 N–H and O–H groups in total. The summed E-state index contributed by atoms with van der Waals surface area (Å²) in [4.78, 5) is 4.12. The second-order valence-corrected chi connectivity index (χ2v) is 6.83.